The Balaban J connectivity index is 4.66. The minimum atomic E-state index is -4.78. The van der Waals surface area contributed by atoms with E-state index in [-0.39, 0.29) is 12.8 Å². The van der Waals surface area contributed by atoms with Crippen molar-refractivity contribution in [1.82, 2.24) is 0 Å². The summed E-state index contributed by atoms with van der Waals surface area (Å²) in [4.78, 5) is 46.0. The third kappa shape index (κ3) is 41.8. The van der Waals surface area contributed by atoms with Gasteiger partial charge in [-0.25, -0.2) is 4.57 Å². The predicted molar refractivity (Wildman–Crippen MR) is 256 cm³/mol. The number of carbonyl (C=O) groups excluding carboxylic acids is 2. The van der Waals surface area contributed by atoms with Crippen molar-refractivity contribution in [2.24, 2.45) is 5.73 Å². The molecule has 13 nitrogen and oxygen atoms in total. The number of aliphatic carboxylic acids is 1. The number of nitrogens with two attached hydrogens (primary N) is 1. The number of phosphoric ester groups is 1. The minimum absolute atomic E-state index is 0.0358. The summed E-state index contributed by atoms with van der Waals surface area (Å²) in [6.45, 7) is 2.35. The van der Waals surface area contributed by atoms with E-state index in [1.807, 2.05) is 37.3 Å². The molecular weight excluding hydrogens is 838 g/mol. The van der Waals surface area contributed by atoms with Gasteiger partial charge in [-0.2, -0.15) is 0 Å². The van der Waals surface area contributed by atoms with Crippen molar-refractivity contribution in [3.8, 4) is 0 Å². The molecule has 0 aliphatic carbocycles. The molecule has 0 bridgehead atoms. The topological polar surface area (TPSA) is 212 Å². The van der Waals surface area contributed by atoms with Crippen molar-refractivity contribution in [3.63, 3.8) is 0 Å². The molecule has 0 spiro atoms. The summed E-state index contributed by atoms with van der Waals surface area (Å²) in [5.41, 5.74) is 5.32. The van der Waals surface area contributed by atoms with E-state index in [0.29, 0.717) is 32.1 Å². The van der Waals surface area contributed by atoms with E-state index in [9.17, 15) is 34.1 Å². The summed E-state index contributed by atoms with van der Waals surface area (Å²) in [6.07, 6.45) is 50.5. The number of carbonyl (C=O) groups is 3. The number of rotatable bonds is 40. The van der Waals surface area contributed by atoms with Gasteiger partial charge in [0, 0.05) is 12.8 Å². The molecule has 14 heteroatoms. The summed E-state index contributed by atoms with van der Waals surface area (Å²) in [6, 6.07) is -1.56. The maximum absolute atomic E-state index is 12.6. The van der Waals surface area contributed by atoms with Crippen molar-refractivity contribution in [2.75, 3.05) is 19.8 Å². The number of phosphoric acid groups is 1. The van der Waals surface area contributed by atoms with Crippen molar-refractivity contribution in [2.45, 2.75) is 154 Å². The fourth-order valence-electron chi connectivity index (χ4n) is 5.25. The van der Waals surface area contributed by atoms with Gasteiger partial charge in [0.1, 0.15) is 12.6 Å². The smallest absolute Gasteiger partial charge is 0.472 e. The Morgan fingerprint density at radius 1 is 0.578 bits per heavy atom. The van der Waals surface area contributed by atoms with E-state index in [4.69, 9.17) is 24.8 Å². The Hall–Kier alpha value is -4.20. The van der Waals surface area contributed by atoms with Crippen LogP contribution < -0.4 is 5.73 Å². The number of unbranched alkanes of at least 4 members (excludes halogenated alkanes) is 6. The number of carboxylic acid groups (broad SMARTS) is 1. The lowest BCUT2D eigenvalue weighted by atomic mass is 10.1. The second-order valence-corrected chi connectivity index (χ2v) is 16.3. The summed E-state index contributed by atoms with van der Waals surface area (Å²) >= 11 is 0. The van der Waals surface area contributed by atoms with Gasteiger partial charge in [-0.05, 0) is 83.5 Å². The molecule has 0 amide bonds. The molecule has 6 N–H and O–H groups in total. The van der Waals surface area contributed by atoms with Crippen LogP contribution >= 0.6 is 7.82 Å². The van der Waals surface area contributed by atoms with Crippen LogP contribution in [0.3, 0.4) is 0 Å². The minimum Gasteiger partial charge on any atom is -0.480 e. The molecular formula is C50H78NO12P. The molecule has 0 aromatic rings. The second-order valence-electron chi connectivity index (χ2n) is 14.8. The highest BCUT2D eigenvalue weighted by Crippen LogP contribution is 2.43. The number of ether oxygens (including phenoxy) is 2. The highest BCUT2D eigenvalue weighted by molar-refractivity contribution is 7.47. The highest BCUT2D eigenvalue weighted by atomic mass is 31.2. The molecule has 360 valence electrons. The Morgan fingerprint density at radius 2 is 1.08 bits per heavy atom. The molecule has 0 aromatic carbocycles. The van der Waals surface area contributed by atoms with Crippen molar-refractivity contribution < 1.29 is 57.7 Å². The zero-order valence-electron chi connectivity index (χ0n) is 38.3. The van der Waals surface area contributed by atoms with Gasteiger partial charge in [0.25, 0.3) is 0 Å². The molecule has 0 aromatic heterocycles. The standard InChI is InChI=1S/C50H78NO12P/c1-3-5-7-8-9-10-11-12-13-14-15-16-17-18-19-20-21-25-33-39-48(54)60-41-46(42-61-64(58,59)62-43-47(51)50(56)57)63-49(55)40-34-26-23-22-24-30-36-45(53)38-32-28-27-31-37-44(52)35-29-6-4-2/h6,9-10,12-13,15-16,18-19,23-24,26-32,37-38,44-47,52-53H,3-5,7-8,11,14,17,20-22,25,33-36,39-43,51H2,1-2H3,(H,56,57)(H,58,59)/b10-9-,13-12-,16-15-,19-18-,26-23-,28-27-,29-6-,30-24-,37-31+,38-32+/t44-,45+,46+,47-/m0/s1. The van der Waals surface area contributed by atoms with Gasteiger partial charge in [0.15, 0.2) is 6.10 Å². The fourth-order valence-corrected chi connectivity index (χ4v) is 6.03. The lowest BCUT2D eigenvalue weighted by Crippen LogP contribution is -2.34. The first-order valence-corrected chi connectivity index (χ1v) is 24.3. The van der Waals surface area contributed by atoms with Crippen LogP contribution in [-0.2, 0) is 37.5 Å². The monoisotopic (exact) mass is 916 g/mol. The number of hydrogen-bond acceptors (Lipinski definition) is 11. The van der Waals surface area contributed by atoms with Gasteiger partial charge < -0.3 is 35.4 Å². The summed E-state index contributed by atoms with van der Waals surface area (Å²) in [5.74, 6) is -2.63. The lowest BCUT2D eigenvalue weighted by molar-refractivity contribution is -0.161. The van der Waals surface area contributed by atoms with Crippen LogP contribution in [0.2, 0.25) is 0 Å². The molecule has 0 radical (unpaired) electrons. The van der Waals surface area contributed by atoms with Crippen LogP contribution in [0, 0.1) is 0 Å². The highest BCUT2D eigenvalue weighted by Gasteiger charge is 2.28. The molecule has 5 atom stereocenters. The molecule has 64 heavy (non-hydrogen) atoms. The molecule has 0 saturated carbocycles. The SMILES string of the molecule is CC/C=C\C[C@H](O)/C=C/C=C\C=C\[C@H](O)C/C=C\C/C=C\CCC(=O)O[C@H](COC(=O)CCCCC/C=C\C/C=C\C/C=C\C/C=C\CCCCC)COP(=O)(O)OC[C@H](N)C(=O)O. The van der Waals surface area contributed by atoms with Crippen LogP contribution in [0.5, 0.6) is 0 Å². The van der Waals surface area contributed by atoms with Crippen LogP contribution in [-0.4, -0.2) is 82.3 Å². The Bertz CT molecular complexity index is 1580. The Labute approximate surface area is 383 Å². The number of hydrogen-bond donors (Lipinski definition) is 5. The van der Waals surface area contributed by atoms with Gasteiger partial charge in [-0.3, -0.25) is 23.4 Å². The van der Waals surface area contributed by atoms with Gasteiger partial charge in [0.05, 0.1) is 25.4 Å². The zero-order chi connectivity index (χ0) is 47.4. The first-order valence-electron chi connectivity index (χ1n) is 22.8. The Morgan fingerprint density at radius 3 is 1.62 bits per heavy atom. The Kier molecular flexibility index (Phi) is 39.9. The maximum Gasteiger partial charge on any atom is 0.472 e. The number of aliphatic hydroxyl groups excluding tert-OH is 2. The number of aliphatic hydroxyl groups is 2. The average Bonchev–Trinajstić information content (AvgIpc) is 3.26. The van der Waals surface area contributed by atoms with Crippen molar-refractivity contribution >= 4 is 25.7 Å². The fraction of sp³-hybridized carbons (Fsp3) is 0.540. The first kappa shape index (κ1) is 59.8. The molecule has 0 saturated heterocycles. The first-order chi connectivity index (χ1) is 30.9. The molecule has 0 aliphatic heterocycles. The maximum atomic E-state index is 12.6. The van der Waals surface area contributed by atoms with Gasteiger partial charge in [0.2, 0.25) is 0 Å². The molecule has 0 aliphatic rings. The van der Waals surface area contributed by atoms with Gasteiger partial charge >= 0.3 is 25.7 Å². The molecule has 0 rings (SSSR count). The number of esters is 2. The normalized spacial score (nSPS) is 15.7. The van der Waals surface area contributed by atoms with Crippen LogP contribution in [0.4, 0.5) is 0 Å². The predicted octanol–water partition coefficient (Wildman–Crippen LogP) is 10.3. The van der Waals surface area contributed by atoms with Gasteiger partial charge in [-0.15, -0.1) is 0 Å². The van der Waals surface area contributed by atoms with Crippen molar-refractivity contribution in [1.29, 1.82) is 0 Å². The van der Waals surface area contributed by atoms with E-state index in [1.165, 1.54) is 19.3 Å². The van der Waals surface area contributed by atoms with E-state index in [1.54, 1.807) is 42.5 Å². The second kappa shape index (κ2) is 42.7. The van der Waals surface area contributed by atoms with Crippen LogP contribution in [0.15, 0.2) is 122 Å². The third-order valence-electron chi connectivity index (χ3n) is 8.87. The lowest BCUT2D eigenvalue weighted by Gasteiger charge is -2.20. The quantitative estimate of drug-likeness (QED) is 0.0127. The molecule has 1 unspecified atom stereocenters. The number of carboxylic acids is 1. The summed E-state index contributed by atoms with van der Waals surface area (Å²) in [5, 5.41) is 28.9. The van der Waals surface area contributed by atoms with Crippen molar-refractivity contribution in [3.05, 3.63) is 122 Å². The van der Waals surface area contributed by atoms with E-state index in [2.05, 4.69) is 60.1 Å². The summed E-state index contributed by atoms with van der Waals surface area (Å²) in [7, 11) is -4.78. The average molecular weight is 916 g/mol. The summed E-state index contributed by atoms with van der Waals surface area (Å²) < 4.78 is 32.5. The number of allylic oxidation sites excluding steroid dienone is 16. The third-order valence-corrected chi connectivity index (χ3v) is 9.82. The van der Waals surface area contributed by atoms with Gasteiger partial charge in [-0.1, -0.05) is 155 Å². The van der Waals surface area contributed by atoms with E-state index < -0.39 is 69.9 Å². The largest absolute Gasteiger partial charge is 0.480 e. The molecule has 0 heterocycles. The van der Waals surface area contributed by atoms with E-state index in [0.717, 1.165) is 51.4 Å². The van der Waals surface area contributed by atoms with Crippen LogP contribution in [0.1, 0.15) is 129 Å². The molecule has 0 fully saturated rings. The van der Waals surface area contributed by atoms with E-state index >= 15 is 0 Å². The van der Waals surface area contributed by atoms with Crippen LogP contribution in [0.25, 0.3) is 0 Å². The zero-order valence-corrected chi connectivity index (χ0v) is 39.2.